The van der Waals surface area contributed by atoms with Crippen LogP contribution in [0.2, 0.25) is 0 Å². The predicted molar refractivity (Wildman–Crippen MR) is 121 cm³/mol. The van der Waals surface area contributed by atoms with Crippen LogP contribution in [0.3, 0.4) is 0 Å². The number of nitrogens with one attached hydrogen (secondary N) is 3. The van der Waals surface area contributed by atoms with Crippen LogP contribution < -0.4 is 15.6 Å². The second kappa shape index (κ2) is 8.27. The van der Waals surface area contributed by atoms with Crippen molar-refractivity contribution in [1.29, 1.82) is 0 Å². The molecule has 7 nitrogen and oxygen atoms in total. The van der Waals surface area contributed by atoms with Gasteiger partial charge >= 0.3 is 0 Å². The van der Waals surface area contributed by atoms with Crippen molar-refractivity contribution in [3.63, 3.8) is 0 Å². The maximum absolute atomic E-state index is 13.9. The molecule has 0 radical (unpaired) electrons. The molecule has 1 heterocycles. The zero-order valence-corrected chi connectivity index (χ0v) is 17.7. The summed E-state index contributed by atoms with van der Waals surface area (Å²) >= 11 is 0. The molecule has 4 rings (SSSR count). The van der Waals surface area contributed by atoms with Crippen molar-refractivity contribution in [2.45, 2.75) is 11.8 Å². The first-order valence-corrected chi connectivity index (χ1v) is 11.0. The highest BCUT2D eigenvalue weighted by Gasteiger charge is 2.20. The quantitative estimate of drug-likeness (QED) is 0.426. The molecule has 4 aromatic rings. The first kappa shape index (κ1) is 21.3. The van der Waals surface area contributed by atoms with Gasteiger partial charge in [-0.2, -0.15) is 0 Å². The van der Waals surface area contributed by atoms with Crippen LogP contribution in [-0.2, 0) is 10.0 Å². The zero-order valence-electron chi connectivity index (χ0n) is 16.8. The number of aromatic nitrogens is 1. The summed E-state index contributed by atoms with van der Waals surface area (Å²) in [5.74, 6) is -1.40. The molecular weight excluding hydrogens is 433 g/mol. The highest BCUT2D eigenvalue weighted by molar-refractivity contribution is 7.92. The number of hydrogen-bond acceptors (Lipinski definition) is 4. The first-order chi connectivity index (χ1) is 15.2. The van der Waals surface area contributed by atoms with Crippen molar-refractivity contribution < 1.29 is 17.6 Å². The summed E-state index contributed by atoms with van der Waals surface area (Å²) in [6.07, 6.45) is 0. The summed E-state index contributed by atoms with van der Waals surface area (Å²) < 4.78 is 41.8. The molecule has 0 aliphatic carbocycles. The number of benzene rings is 3. The Hall–Kier alpha value is -3.98. The Morgan fingerprint density at radius 3 is 2.47 bits per heavy atom. The van der Waals surface area contributed by atoms with E-state index in [0.717, 1.165) is 6.07 Å². The van der Waals surface area contributed by atoms with Crippen LogP contribution in [0.5, 0.6) is 0 Å². The number of halogens is 1. The molecule has 1 amide bonds. The number of amides is 1. The third-order valence-electron chi connectivity index (χ3n) is 4.85. The Kier molecular flexibility index (Phi) is 5.50. The molecule has 0 fully saturated rings. The van der Waals surface area contributed by atoms with Crippen molar-refractivity contribution in [2.75, 3.05) is 10.0 Å². The van der Waals surface area contributed by atoms with Gasteiger partial charge < -0.3 is 10.3 Å². The van der Waals surface area contributed by atoms with Crippen molar-refractivity contribution in [1.82, 2.24) is 4.98 Å². The second-order valence-electron chi connectivity index (χ2n) is 7.12. The molecule has 0 spiro atoms. The van der Waals surface area contributed by atoms with Crippen LogP contribution in [0.4, 0.5) is 15.8 Å². The molecule has 162 valence electrons. The maximum Gasteiger partial charge on any atom is 0.262 e. The number of anilines is 2. The van der Waals surface area contributed by atoms with E-state index < -0.39 is 27.3 Å². The van der Waals surface area contributed by atoms with E-state index in [1.807, 2.05) is 0 Å². The second-order valence-corrected chi connectivity index (χ2v) is 8.77. The molecule has 1 aromatic heterocycles. The number of carbonyl (C=O) groups excluding carboxylic acids is 1. The number of H-pyrrole nitrogens is 1. The van der Waals surface area contributed by atoms with Gasteiger partial charge in [-0.3, -0.25) is 14.3 Å². The Balaban J connectivity index is 1.64. The zero-order chi connectivity index (χ0) is 22.9. The number of aryl methyl sites for hydroxylation is 1. The summed E-state index contributed by atoms with van der Waals surface area (Å²) in [7, 11) is -4.14. The van der Waals surface area contributed by atoms with E-state index in [1.54, 1.807) is 31.2 Å². The van der Waals surface area contributed by atoms with Gasteiger partial charge in [0.25, 0.3) is 21.5 Å². The normalized spacial score (nSPS) is 11.3. The largest absolute Gasteiger partial charge is 0.322 e. The number of para-hydroxylation sites is 2. The molecule has 0 aliphatic rings. The Labute approximate surface area is 183 Å². The molecule has 0 saturated heterocycles. The van der Waals surface area contributed by atoms with E-state index in [0.29, 0.717) is 16.5 Å². The highest BCUT2D eigenvalue weighted by atomic mass is 32.2. The predicted octanol–water partition coefficient (Wildman–Crippen LogP) is 4.03. The SMILES string of the molecule is Cc1ccc(NC(=O)c2cc3ccccc3[nH]c2=O)cc1S(=O)(=O)Nc1ccccc1F. The van der Waals surface area contributed by atoms with Gasteiger partial charge in [-0.25, -0.2) is 12.8 Å². The number of hydrogen-bond donors (Lipinski definition) is 3. The summed E-state index contributed by atoms with van der Waals surface area (Å²) in [6.45, 7) is 1.58. The van der Waals surface area contributed by atoms with Crippen molar-refractivity contribution in [2.24, 2.45) is 0 Å². The minimum absolute atomic E-state index is 0.113. The topological polar surface area (TPSA) is 108 Å². The van der Waals surface area contributed by atoms with Gasteiger partial charge in [0.1, 0.15) is 11.4 Å². The maximum atomic E-state index is 13.9. The number of carbonyl (C=O) groups is 1. The molecule has 0 unspecified atom stereocenters. The standard InChI is InChI=1S/C23H18FN3O4S/c1-14-10-11-16(13-21(14)32(30,31)27-20-9-5-3-7-18(20)24)25-22(28)17-12-15-6-2-4-8-19(15)26-23(17)29/h2-13,27H,1H3,(H,25,28)(H,26,29). The van der Waals surface area contributed by atoms with E-state index in [9.17, 15) is 22.4 Å². The fourth-order valence-electron chi connectivity index (χ4n) is 3.23. The van der Waals surface area contributed by atoms with Crippen LogP contribution >= 0.6 is 0 Å². The molecule has 3 aromatic carbocycles. The third kappa shape index (κ3) is 4.23. The van der Waals surface area contributed by atoms with Gasteiger partial charge in [0, 0.05) is 11.2 Å². The van der Waals surface area contributed by atoms with Crippen LogP contribution in [0.15, 0.2) is 82.5 Å². The number of rotatable bonds is 5. The lowest BCUT2D eigenvalue weighted by atomic mass is 10.1. The molecule has 3 N–H and O–H groups in total. The molecule has 9 heteroatoms. The lowest BCUT2D eigenvalue weighted by molar-refractivity contribution is 0.102. The summed E-state index contributed by atoms with van der Waals surface area (Å²) in [6, 6.07) is 18.2. The molecule has 32 heavy (non-hydrogen) atoms. The van der Waals surface area contributed by atoms with Crippen molar-refractivity contribution in [3.05, 3.63) is 100 Å². The van der Waals surface area contributed by atoms with E-state index in [2.05, 4.69) is 15.0 Å². The Morgan fingerprint density at radius 1 is 0.969 bits per heavy atom. The Morgan fingerprint density at radius 2 is 1.69 bits per heavy atom. The van der Waals surface area contributed by atoms with Crippen LogP contribution in [0, 0.1) is 12.7 Å². The lowest BCUT2D eigenvalue weighted by Crippen LogP contribution is -2.23. The van der Waals surface area contributed by atoms with Crippen molar-refractivity contribution >= 4 is 38.2 Å². The first-order valence-electron chi connectivity index (χ1n) is 9.56. The van der Waals surface area contributed by atoms with Crippen LogP contribution in [0.1, 0.15) is 15.9 Å². The number of aromatic amines is 1. The van der Waals surface area contributed by atoms with Crippen molar-refractivity contribution in [3.8, 4) is 0 Å². The van der Waals surface area contributed by atoms with E-state index >= 15 is 0 Å². The fourth-order valence-corrected chi connectivity index (χ4v) is 4.56. The lowest BCUT2D eigenvalue weighted by Gasteiger charge is -2.13. The van der Waals surface area contributed by atoms with Gasteiger partial charge in [0.2, 0.25) is 0 Å². The van der Waals surface area contributed by atoms with E-state index in [4.69, 9.17) is 0 Å². The van der Waals surface area contributed by atoms with Gasteiger partial charge in [-0.15, -0.1) is 0 Å². The van der Waals surface area contributed by atoms with E-state index in [-0.39, 0.29) is 21.8 Å². The monoisotopic (exact) mass is 451 g/mol. The highest BCUT2D eigenvalue weighted by Crippen LogP contribution is 2.24. The van der Waals surface area contributed by atoms with Crippen LogP contribution in [-0.4, -0.2) is 19.3 Å². The van der Waals surface area contributed by atoms with Crippen LogP contribution in [0.25, 0.3) is 10.9 Å². The van der Waals surface area contributed by atoms with Gasteiger partial charge in [0.05, 0.1) is 10.6 Å². The minimum atomic E-state index is -4.14. The van der Waals surface area contributed by atoms with E-state index in [1.165, 1.54) is 42.5 Å². The summed E-state index contributed by atoms with van der Waals surface area (Å²) in [5, 5.41) is 3.23. The minimum Gasteiger partial charge on any atom is -0.322 e. The van der Waals surface area contributed by atoms with Gasteiger partial charge in [0.15, 0.2) is 0 Å². The molecular formula is C23H18FN3O4S. The average Bonchev–Trinajstić information content (AvgIpc) is 2.76. The summed E-state index contributed by atoms with van der Waals surface area (Å²) in [5.41, 5.74) is 0.291. The fraction of sp³-hybridized carbons (Fsp3) is 0.0435. The average molecular weight is 451 g/mol. The van der Waals surface area contributed by atoms with Gasteiger partial charge in [-0.1, -0.05) is 36.4 Å². The molecule has 0 atom stereocenters. The number of pyridine rings is 1. The molecule has 0 saturated carbocycles. The molecule has 0 aliphatic heterocycles. The number of fused-ring (bicyclic) bond motifs is 1. The summed E-state index contributed by atoms with van der Waals surface area (Å²) in [4.78, 5) is 27.5. The number of sulfonamides is 1. The molecule has 0 bridgehead atoms. The smallest absolute Gasteiger partial charge is 0.262 e. The van der Waals surface area contributed by atoms with Gasteiger partial charge in [-0.05, 0) is 54.3 Å². The third-order valence-corrected chi connectivity index (χ3v) is 6.36. The Bertz CT molecular complexity index is 1510.